The summed E-state index contributed by atoms with van der Waals surface area (Å²) < 4.78 is 6.54. The van der Waals surface area contributed by atoms with E-state index in [9.17, 15) is 14.7 Å². The Balaban J connectivity index is 0.000000491. The summed E-state index contributed by atoms with van der Waals surface area (Å²) in [5.41, 5.74) is 3.64. The zero-order valence-corrected chi connectivity index (χ0v) is 12.1. The van der Waals surface area contributed by atoms with Crippen LogP contribution in [0.25, 0.3) is 0 Å². The molecule has 0 unspecified atom stereocenters. The second-order valence-corrected chi connectivity index (χ2v) is 5.05. The number of aryl methyl sites for hydroxylation is 1. The van der Waals surface area contributed by atoms with E-state index in [1.807, 2.05) is 0 Å². The molecule has 0 spiro atoms. The number of nitrogens with one attached hydrogen (secondary N) is 1. The van der Waals surface area contributed by atoms with Gasteiger partial charge in [0.05, 0.1) is 12.7 Å². The van der Waals surface area contributed by atoms with Crippen LogP contribution >= 0.6 is 8.53 Å². The van der Waals surface area contributed by atoms with Crippen molar-refractivity contribution in [3.8, 4) is 0 Å². The highest BCUT2D eigenvalue weighted by molar-refractivity contribution is 7.42. The number of aliphatic hydroxyl groups is 2. The molecule has 7 N–H and O–H groups in total. The third-order valence-electron chi connectivity index (χ3n) is 2.84. The maximum Gasteiger partial charge on any atom is 0.330 e. The number of nitrogens with two attached hydrogens (primary N) is 1. The Morgan fingerprint density at radius 1 is 1.52 bits per heavy atom. The van der Waals surface area contributed by atoms with Gasteiger partial charge in [-0.15, -0.1) is 0 Å². The average Bonchev–Trinajstić information content (AvgIpc) is 2.74. The molecule has 2 heterocycles. The highest BCUT2D eigenvalue weighted by atomic mass is 31.2. The Morgan fingerprint density at radius 3 is 2.57 bits per heavy atom. The Bertz CT molecular complexity index is 570. The van der Waals surface area contributed by atoms with Crippen molar-refractivity contribution in [2.24, 2.45) is 5.50 Å². The van der Waals surface area contributed by atoms with Crippen LogP contribution in [0.4, 0.5) is 0 Å². The van der Waals surface area contributed by atoms with E-state index in [0.717, 1.165) is 0 Å². The molecular weight excluding hydrogens is 305 g/mol. The normalized spacial score (nSPS) is 24.8. The number of nitrogens with zero attached hydrogens (tertiary/aromatic N) is 1. The van der Waals surface area contributed by atoms with E-state index in [1.165, 1.54) is 10.8 Å². The Kier molecular flexibility index (Phi) is 6.62. The molecule has 2 rings (SSSR count). The Morgan fingerprint density at radius 2 is 2.10 bits per heavy atom. The quantitative estimate of drug-likeness (QED) is 0.328. The molecule has 1 aliphatic rings. The maximum absolute atomic E-state index is 11.6. The van der Waals surface area contributed by atoms with E-state index >= 15 is 0 Å². The summed E-state index contributed by atoms with van der Waals surface area (Å²) in [6.45, 7) is 1.26. The van der Waals surface area contributed by atoms with E-state index in [4.69, 9.17) is 19.6 Å². The van der Waals surface area contributed by atoms with Gasteiger partial charge in [0.25, 0.3) is 5.56 Å². The van der Waals surface area contributed by atoms with Gasteiger partial charge in [0.2, 0.25) is 8.53 Å². The highest BCUT2D eigenvalue weighted by Gasteiger charge is 2.34. The highest BCUT2D eigenvalue weighted by Crippen LogP contribution is 2.27. The summed E-state index contributed by atoms with van der Waals surface area (Å²) in [4.78, 5) is 39.8. The fourth-order valence-electron chi connectivity index (χ4n) is 1.85. The van der Waals surface area contributed by atoms with E-state index in [1.54, 1.807) is 6.92 Å². The molecule has 0 bridgehead atoms. The third kappa shape index (κ3) is 4.97. The minimum absolute atomic E-state index is 0.205. The summed E-state index contributed by atoms with van der Waals surface area (Å²) >= 11 is 0. The lowest BCUT2D eigenvalue weighted by atomic mass is 10.2. The zero-order valence-electron chi connectivity index (χ0n) is 11.2. The van der Waals surface area contributed by atoms with Gasteiger partial charge in [-0.3, -0.25) is 19.8 Å². The smallest absolute Gasteiger partial charge is 0.330 e. The maximum atomic E-state index is 11.6. The van der Waals surface area contributed by atoms with Crippen LogP contribution in [0.3, 0.4) is 0 Å². The number of H-pyrrole nitrogens is 1. The molecule has 11 heteroatoms. The summed E-state index contributed by atoms with van der Waals surface area (Å²) in [5, 5.41) is 18.5. The van der Waals surface area contributed by atoms with Crippen molar-refractivity contribution in [1.29, 1.82) is 0 Å². The zero-order chi connectivity index (χ0) is 16.2. The van der Waals surface area contributed by atoms with Crippen LogP contribution in [-0.2, 0) is 4.74 Å². The van der Waals surface area contributed by atoms with Crippen molar-refractivity contribution < 1.29 is 24.7 Å². The van der Waals surface area contributed by atoms with Crippen molar-refractivity contribution in [2.75, 3.05) is 6.61 Å². The van der Waals surface area contributed by atoms with Crippen molar-refractivity contribution in [3.05, 3.63) is 32.6 Å². The summed E-state index contributed by atoms with van der Waals surface area (Å²) in [7, 11) is -2.12. The van der Waals surface area contributed by atoms with E-state index in [0.29, 0.717) is 5.56 Å². The number of rotatable bonds is 2. The molecule has 120 valence electrons. The van der Waals surface area contributed by atoms with Crippen molar-refractivity contribution in [2.45, 2.75) is 31.8 Å². The van der Waals surface area contributed by atoms with Crippen LogP contribution in [0.1, 0.15) is 18.2 Å². The molecule has 1 aromatic heterocycles. The van der Waals surface area contributed by atoms with Crippen molar-refractivity contribution >= 4 is 8.53 Å². The fourth-order valence-corrected chi connectivity index (χ4v) is 1.85. The molecule has 0 aliphatic carbocycles. The number of ether oxygens (including phenoxy) is 1. The second kappa shape index (κ2) is 7.76. The molecule has 3 atom stereocenters. The third-order valence-corrected chi connectivity index (χ3v) is 2.84. The molecule has 0 aromatic carbocycles. The minimum Gasteiger partial charge on any atom is -0.394 e. The van der Waals surface area contributed by atoms with E-state index in [2.05, 4.69) is 10.5 Å². The van der Waals surface area contributed by atoms with Gasteiger partial charge in [-0.25, -0.2) is 4.79 Å². The van der Waals surface area contributed by atoms with Crippen LogP contribution in [0.15, 0.2) is 15.8 Å². The van der Waals surface area contributed by atoms with Gasteiger partial charge in [0, 0.05) is 18.2 Å². The Hall–Kier alpha value is -1.13. The van der Waals surface area contributed by atoms with Crippen LogP contribution < -0.4 is 16.8 Å². The number of aromatic amines is 1. The lowest BCUT2D eigenvalue weighted by Crippen LogP contribution is -2.33. The van der Waals surface area contributed by atoms with Gasteiger partial charge in [-0.05, 0) is 6.92 Å². The van der Waals surface area contributed by atoms with Gasteiger partial charge in [-0.2, -0.15) is 0 Å². The number of aromatic nitrogens is 2. The first-order valence-corrected chi connectivity index (χ1v) is 7.27. The summed E-state index contributed by atoms with van der Waals surface area (Å²) in [6, 6.07) is 0. The fraction of sp³-hybridized carbons (Fsp3) is 0.600. The van der Waals surface area contributed by atoms with E-state index < -0.39 is 38.2 Å². The summed E-state index contributed by atoms with van der Waals surface area (Å²) in [5.74, 6) is 0. The molecule has 1 fully saturated rings. The molecule has 0 saturated carbocycles. The lowest BCUT2D eigenvalue weighted by molar-refractivity contribution is -0.0459. The van der Waals surface area contributed by atoms with E-state index in [-0.39, 0.29) is 13.0 Å². The predicted octanol–water partition coefficient (Wildman–Crippen LogP) is -2.36. The van der Waals surface area contributed by atoms with Crippen LogP contribution in [0.5, 0.6) is 0 Å². The van der Waals surface area contributed by atoms with Crippen molar-refractivity contribution in [3.63, 3.8) is 0 Å². The molecule has 10 nitrogen and oxygen atoms in total. The van der Waals surface area contributed by atoms with Gasteiger partial charge >= 0.3 is 5.69 Å². The van der Waals surface area contributed by atoms with Gasteiger partial charge < -0.3 is 24.7 Å². The van der Waals surface area contributed by atoms with Crippen LogP contribution in [0, 0.1) is 6.92 Å². The molecule has 1 aromatic rings. The predicted molar refractivity (Wildman–Crippen MR) is 73.2 cm³/mol. The van der Waals surface area contributed by atoms with Crippen molar-refractivity contribution in [1.82, 2.24) is 9.55 Å². The lowest BCUT2D eigenvalue weighted by Gasteiger charge is -2.14. The first-order chi connectivity index (χ1) is 9.76. The molecular formula is C10H18N3O7P. The number of hydrogen-bond donors (Lipinski definition) is 6. The minimum atomic E-state index is -2.12. The molecule has 1 saturated heterocycles. The monoisotopic (exact) mass is 323 g/mol. The number of aliphatic hydroxyl groups excluding tert-OH is 2. The largest absolute Gasteiger partial charge is 0.394 e. The molecule has 21 heavy (non-hydrogen) atoms. The molecule has 0 amide bonds. The van der Waals surface area contributed by atoms with Gasteiger partial charge in [0.15, 0.2) is 0 Å². The van der Waals surface area contributed by atoms with Gasteiger partial charge in [0.1, 0.15) is 12.3 Å². The SMILES string of the molecule is Cc1cn([C@H]2C[C@H](O)[C@@H](CO)O2)c(=O)[nH]c1=O.NP(O)O. The second-order valence-electron chi connectivity index (χ2n) is 4.41. The molecule has 0 radical (unpaired) electrons. The average molecular weight is 323 g/mol. The van der Waals surface area contributed by atoms with Crippen LogP contribution in [0.2, 0.25) is 0 Å². The first kappa shape index (κ1) is 17.9. The topological polar surface area (TPSA) is 171 Å². The van der Waals surface area contributed by atoms with Crippen LogP contribution in [-0.4, -0.2) is 48.4 Å². The standard InChI is InChI=1S/C10H14N2O5.H4NO2P/c1-5-3-12(10(16)11-9(5)15)8-2-6(14)7(4-13)17-8;1-4(2)3/h3,6-8,13-14H,2,4H2,1H3,(H,11,15,16);2-3H,1H2/t6-,7+,8+;/m0./s1. The Labute approximate surface area is 120 Å². The summed E-state index contributed by atoms with van der Waals surface area (Å²) in [6.07, 6.45) is -0.581. The molecule has 1 aliphatic heterocycles. The number of hydrogen-bond acceptors (Lipinski definition) is 8. The van der Waals surface area contributed by atoms with Gasteiger partial charge in [-0.1, -0.05) is 0 Å². The first-order valence-electron chi connectivity index (χ1n) is 5.95.